The van der Waals surface area contributed by atoms with E-state index in [9.17, 15) is 9.90 Å². The van der Waals surface area contributed by atoms with Crippen LogP contribution in [0.5, 0.6) is 0 Å². The van der Waals surface area contributed by atoms with Crippen molar-refractivity contribution in [1.82, 2.24) is 15.0 Å². The lowest BCUT2D eigenvalue weighted by atomic mass is 9.91. The van der Waals surface area contributed by atoms with E-state index >= 15 is 0 Å². The standard InChI is InChI=1S/C35H30N4O4S2/c1-21-30(20-44-35-39-28-11-4-5-12-31(28)45-35)42-34(43-32(21)23-15-13-22(19-40)14-16-23)24-7-6-8-25(17-24)37-33(41)29-18-36-26-9-2-3-10-27(26)38-29/h2-18,21,30,32,34,40H,19-20H2,1H3,(H,37,41)/t21-,30+,32+,34+/m0/s1. The molecule has 1 amide bonds. The summed E-state index contributed by atoms with van der Waals surface area (Å²) in [6.45, 7) is 2.13. The maximum atomic E-state index is 13.1. The van der Waals surface area contributed by atoms with Crippen molar-refractivity contribution in [2.75, 3.05) is 11.1 Å². The molecular weight excluding hydrogens is 605 g/mol. The van der Waals surface area contributed by atoms with Gasteiger partial charge in [0, 0.05) is 22.9 Å². The summed E-state index contributed by atoms with van der Waals surface area (Å²) in [4.78, 5) is 26.7. The molecule has 3 heterocycles. The lowest BCUT2D eigenvalue weighted by Gasteiger charge is -2.41. The van der Waals surface area contributed by atoms with Crippen molar-refractivity contribution in [3.05, 3.63) is 126 Å². The lowest BCUT2D eigenvalue weighted by Crippen LogP contribution is -2.38. The zero-order valence-electron chi connectivity index (χ0n) is 24.4. The van der Waals surface area contributed by atoms with E-state index in [0.717, 1.165) is 36.8 Å². The molecule has 0 saturated carbocycles. The van der Waals surface area contributed by atoms with Gasteiger partial charge in [0.05, 0.1) is 46.3 Å². The van der Waals surface area contributed by atoms with Crippen molar-refractivity contribution in [3.63, 3.8) is 0 Å². The molecular formula is C35H30N4O4S2. The summed E-state index contributed by atoms with van der Waals surface area (Å²) in [5.74, 6) is 0.386. The summed E-state index contributed by atoms with van der Waals surface area (Å²) in [7, 11) is 0. The molecule has 6 aromatic rings. The highest BCUT2D eigenvalue weighted by atomic mass is 32.2. The minimum Gasteiger partial charge on any atom is -0.392 e. The molecule has 0 unspecified atom stereocenters. The third-order valence-electron chi connectivity index (χ3n) is 7.87. The smallest absolute Gasteiger partial charge is 0.275 e. The number of amides is 1. The van der Waals surface area contributed by atoms with Crippen LogP contribution in [0.3, 0.4) is 0 Å². The molecule has 45 heavy (non-hydrogen) atoms. The Morgan fingerprint density at radius 3 is 2.47 bits per heavy atom. The topological polar surface area (TPSA) is 106 Å². The number of aromatic nitrogens is 3. The number of hydrogen-bond donors (Lipinski definition) is 2. The molecule has 1 aliphatic rings. The van der Waals surface area contributed by atoms with Gasteiger partial charge in [-0.25, -0.2) is 9.97 Å². The van der Waals surface area contributed by atoms with E-state index < -0.39 is 6.29 Å². The molecule has 0 aliphatic carbocycles. The quantitative estimate of drug-likeness (QED) is 0.165. The monoisotopic (exact) mass is 634 g/mol. The van der Waals surface area contributed by atoms with E-state index in [2.05, 4.69) is 28.3 Å². The van der Waals surface area contributed by atoms with Crippen LogP contribution in [0.1, 0.15) is 46.5 Å². The maximum absolute atomic E-state index is 13.1. The third-order valence-corrected chi connectivity index (χ3v) is 10.1. The fourth-order valence-corrected chi connectivity index (χ4v) is 7.66. The number of ether oxygens (including phenoxy) is 2. The minimum atomic E-state index is -0.665. The number of thiazole rings is 1. The van der Waals surface area contributed by atoms with E-state index in [1.165, 1.54) is 6.20 Å². The third kappa shape index (κ3) is 6.47. The second-order valence-corrected chi connectivity index (χ2v) is 13.2. The van der Waals surface area contributed by atoms with Gasteiger partial charge in [-0.05, 0) is 47.5 Å². The van der Waals surface area contributed by atoms with E-state index in [-0.39, 0.29) is 36.3 Å². The van der Waals surface area contributed by atoms with Gasteiger partial charge in [-0.1, -0.05) is 79.3 Å². The van der Waals surface area contributed by atoms with E-state index in [4.69, 9.17) is 14.5 Å². The predicted octanol–water partition coefficient (Wildman–Crippen LogP) is 7.57. The number of hydrogen-bond acceptors (Lipinski definition) is 9. The molecule has 0 spiro atoms. The zero-order valence-corrected chi connectivity index (χ0v) is 26.0. The number of fused-ring (bicyclic) bond motifs is 2. The number of rotatable bonds is 8. The molecule has 4 aromatic carbocycles. The highest BCUT2D eigenvalue weighted by molar-refractivity contribution is 8.01. The number of aliphatic hydroxyl groups excluding tert-OH is 1. The van der Waals surface area contributed by atoms with Crippen LogP contribution in [-0.4, -0.2) is 37.8 Å². The van der Waals surface area contributed by atoms with Gasteiger partial charge < -0.3 is 19.9 Å². The molecule has 0 bridgehead atoms. The maximum Gasteiger partial charge on any atom is 0.275 e. The van der Waals surface area contributed by atoms with Gasteiger partial charge in [-0.15, -0.1) is 11.3 Å². The first kappa shape index (κ1) is 29.5. The number of aliphatic hydroxyl groups is 1. The van der Waals surface area contributed by atoms with E-state index in [0.29, 0.717) is 17.0 Å². The number of anilines is 1. The second-order valence-electron chi connectivity index (χ2n) is 10.9. The molecule has 2 N–H and O–H groups in total. The summed E-state index contributed by atoms with van der Waals surface area (Å²) in [6, 6.07) is 31.0. The van der Waals surface area contributed by atoms with Crippen LogP contribution in [-0.2, 0) is 16.1 Å². The molecule has 1 aliphatic heterocycles. The van der Waals surface area contributed by atoms with Gasteiger partial charge >= 0.3 is 0 Å². The van der Waals surface area contributed by atoms with Gasteiger partial charge in [0.15, 0.2) is 10.6 Å². The van der Waals surface area contributed by atoms with Gasteiger partial charge in [0.25, 0.3) is 5.91 Å². The van der Waals surface area contributed by atoms with Crippen LogP contribution in [0, 0.1) is 5.92 Å². The van der Waals surface area contributed by atoms with Crippen LogP contribution in [0.15, 0.2) is 108 Å². The number of para-hydroxylation sites is 3. The summed E-state index contributed by atoms with van der Waals surface area (Å²) in [5, 5.41) is 12.5. The van der Waals surface area contributed by atoms with Crippen LogP contribution < -0.4 is 5.32 Å². The molecule has 1 saturated heterocycles. The fraction of sp³-hybridized carbons (Fsp3) is 0.200. The van der Waals surface area contributed by atoms with Crippen molar-refractivity contribution in [1.29, 1.82) is 0 Å². The van der Waals surface area contributed by atoms with Crippen LogP contribution in [0.4, 0.5) is 5.69 Å². The summed E-state index contributed by atoms with van der Waals surface area (Å²) in [6.07, 6.45) is 0.427. The van der Waals surface area contributed by atoms with Crippen LogP contribution in [0.25, 0.3) is 21.3 Å². The van der Waals surface area contributed by atoms with Crippen LogP contribution in [0.2, 0.25) is 0 Å². The molecule has 0 radical (unpaired) electrons. The number of nitrogens with one attached hydrogen (secondary N) is 1. The molecule has 226 valence electrons. The second kappa shape index (κ2) is 13.0. The van der Waals surface area contributed by atoms with Gasteiger partial charge in [0.1, 0.15) is 5.69 Å². The van der Waals surface area contributed by atoms with Crippen LogP contribution >= 0.6 is 23.1 Å². The molecule has 10 heteroatoms. The minimum absolute atomic E-state index is 0.0160. The largest absolute Gasteiger partial charge is 0.392 e. The Morgan fingerprint density at radius 1 is 0.889 bits per heavy atom. The Hall–Kier alpha value is -4.19. The Labute approximate surface area is 268 Å². The zero-order chi connectivity index (χ0) is 30.8. The van der Waals surface area contributed by atoms with Crippen molar-refractivity contribution in [2.45, 2.75) is 36.4 Å². The van der Waals surface area contributed by atoms with E-state index in [1.54, 1.807) is 23.1 Å². The Morgan fingerprint density at radius 2 is 1.67 bits per heavy atom. The first-order chi connectivity index (χ1) is 22.0. The lowest BCUT2D eigenvalue weighted by molar-refractivity contribution is -0.268. The van der Waals surface area contributed by atoms with Gasteiger partial charge in [0.2, 0.25) is 0 Å². The first-order valence-electron chi connectivity index (χ1n) is 14.7. The SMILES string of the molecule is C[C@H]1[C@@H](CSc2nc3ccccc3s2)O[C@@H](c2cccc(NC(=O)c3cnc4ccccc4n3)c2)O[C@H]1c1ccc(CO)cc1. The van der Waals surface area contributed by atoms with Crippen molar-refractivity contribution in [2.24, 2.45) is 5.92 Å². The molecule has 7 rings (SSSR count). The predicted molar refractivity (Wildman–Crippen MR) is 177 cm³/mol. The summed E-state index contributed by atoms with van der Waals surface area (Å²) in [5.41, 5.74) is 5.87. The fourth-order valence-electron chi connectivity index (χ4n) is 5.40. The number of carbonyl (C=O) groups is 1. The molecule has 4 atom stereocenters. The van der Waals surface area contributed by atoms with Crippen molar-refractivity contribution >= 4 is 55.9 Å². The number of thioether (sulfide) groups is 1. The first-order valence-corrected chi connectivity index (χ1v) is 16.5. The van der Waals surface area contributed by atoms with Crippen molar-refractivity contribution < 1.29 is 19.4 Å². The molecule has 2 aromatic heterocycles. The summed E-state index contributed by atoms with van der Waals surface area (Å²) >= 11 is 3.37. The number of benzene rings is 4. The highest BCUT2D eigenvalue weighted by Crippen LogP contribution is 2.43. The van der Waals surface area contributed by atoms with Gasteiger partial charge in [-0.3, -0.25) is 9.78 Å². The number of carbonyl (C=O) groups excluding carboxylic acids is 1. The average molecular weight is 635 g/mol. The Kier molecular flexibility index (Phi) is 8.55. The normalized spacial score (nSPS) is 20.0. The van der Waals surface area contributed by atoms with Gasteiger partial charge in [-0.2, -0.15) is 0 Å². The molecule has 1 fully saturated rings. The van der Waals surface area contributed by atoms with Crippen molar-refractivity contribution in [3.8, 4) is 0 Å². The van der Waals surface area contributed by atoms with E-state index in [1.807, 2.05) is 91.0 Å². The average Bonchev–Trinajstić information content (AvgIpc) is 3.51. The Balaban J connectivity index is 1.13. The highest BCUT2D eigenvalue weighted by Gasteiger charge is 2.38. The number of nitrogens with zero attached hydrogens (tertiary/aromatic N) is 3. The summed E-state index contributed by atoms with van der Waals surface area (Å²) < 4.78 is 15.4. The Bertz CT molecular complexity index is 1930. The molecule has 8 nitrogen and oxygen atoms in total.